The summed E-state index contributed by atoms with van der Waals surface area (Å²) in [6.07, 6.45) is 4.09. The number of hydrogen-bond acceptors (Lipinski definition) is 6. The number of amides is 2. The van der Waals surface area contributed by atoms with Crippen molar-refractivity contribution in [1.82, 2.24) is 15.6 Å². The fraction of sp³-hybridized carbons (Fsp3) is 0.261. The summed E-state index contributed by atoms with van der Waals surface area (Å²) in [5.41, 5.74) is 1.82. The van der Waals surface area contributed by atoms with Crippen molar-refractivity contribution in [3.05, 3.63) is 69.7 Å². The molecule has 31 heavy (non-hydrogen) atoms. The summed E-state index contributed by atoms with van der Waals surface area (Å²) < 4.78 is 0. The first-order valence-electron chi connectivity index (χ1n) is 10.3. The van der Waals surface area contributed by atoms with Crippen LogP contribution in [0.1, 0.15) is 49.4 Å². The van der Waals surface area contributed by atoms with E-state index >= 15 is 0 Å². The molecule has 6 nitrogen and oxygen atoms in total. The Balaban J connectivity index is 1.26. The quantitative estimate of drug-likeness (QED) is 0.553. The summed E-state index contributed by atoms with van der Waals surface area (Å²) in [6.45, 7) is 2.52. The number of piperidine rings is 1. The molecule has 0 atom stereocenters. The maximum Gasteiger partial charge on any atom is 0.256 e. The number of thiazole rings is 1. The minimum absolute atomic E-state index is 0.158. The fourth-order valence-electron chi connectivity index (χ4n) is 3.84. The largest absolute Gasteiger partial charge is 0.347 e. The fourth-order valence-corrected chi connectivity index (χ4v) is 5.88. The van der Waals surface area contributed by atoms with Crippen LogP contribution in [-0.2, 0) is 6.54 Å². The maximum atomic E-state index is 12.7. The van der Waals surface area contributed by atoms with Crippen LogP contribution < -0.4 is 16.0 Å². The number of anilines is 1. The van der Waals surface area contributed by atoms with E-state index in [0.717, 1.165) is 45.6 Å². The zero-order chi connectivity index (χ0) is 21.2. The van der Waals surface area contributed by atoms with Crippen molar-refractivity contribution < 1.29 is 9.59 Å². The molecule has 0 radical (unpaired) electrons. The van der Waals surface area contributed by atoms with Crippen LogP contribution in [0.25, 0.3) is 0 Å². The Kier molecular flexibility index (Phi) is 5.76. The van der Waals surface area contributed by atoms with Crippen LogP contribution in [0.3, 0.4) is 0 Å². The first-order valence-corrected chi connectivity index (χ1v) is 12.0. The van der Waals surface area contributed by atoms with Crippen LogP contribution in [-0.4, -0.2) is 29.9 Å². The van der Waals surface area contributed by atoms with Gasteiger partial charge in [-0.25, -0.2) is 4.98 Å². The number of rotatable bonds is 4. The molecule has 0 aliphatic carbocycles. The van der Waals surface area contributed by atoms with Crippen LogP contribution in [0.4, 0.5) is 5.69 Å². The third kappa shape index (κ3) is 4.37. The van der Waals surface area contributed by atoms with E-state index < -0.39 is 0 Å². The van der Waals surface area contributed by atoms with Gasteiger partial charge in [-0.05, 0) is 56.3 Å². The first kappa shape index (κ1) is 20.2. The highest BCUT2D eigenvalue weighted by molar-refractivity contribution is 7.99. The molecule has 3 heterocycles. The number of nitrogens with one attached hydrogen (secondary N) is 3. The molecule has 3 N–H and O–H groups in total. The van der Waals surface area contributed by atoms with Gasteiger partial charge in [0.2, 0.25) is 0 Å². The summed E-state index contributed by atoms with van der Waals surface area (Å²) in [6, 6.07) is 12.9. The summed E-state index contributed by atoms with van der Waals surface area (Å²) >= 11 is 3.21. The van der Waals surface area contributed by atoms with Crippen molar-refractivity contribution in [2.24, 2.45) is 0 Å². The van der Waals surface area contributed by atoms with Crippen molar-refractivity contribution in [1.29, 1.82) is 0 Å². The highest BCUT2D eigenvalue weighted by Gasteiger charge is 2.21. The van der Waals surface area contributed by atoms with E-state index in [-0.39, 0.29) is 11.8 Å². The van der Waals surface area contributed by atoms with E-state index in [4.69, 9.17) is 0 Å². The lowest BCUT2D eigenvalue weighted by Crippen LogP contribution is -2.26. The predicted molar refractivity (Wildman–Crippen MR) is 123 cm³/mol. The maximum absolute atomic E-state index is 12.7. The van der Waals surface area contributed by atoms with E-state index in [1.165, 1.54) is 11.8 Å². The second-order valence-electron chi connectivity index (χ2n) is 7.64. The highest BCUT2D eigenvalue weighted by Crippen LogP contribution is 2.39. The standard InChI is InChI=1S/C23H22N4O2S2/c28-21(25-12-16-13-26-23(30-16)14-7-9-24-10-8-14)15-5-6-20-18(11-15)27-22(29)17-3-1-2-4-19(17)31-20/h1-6,11,13-14,24H,7-10,12H2,(H,25,28)(H,27,29). The van der Waals surface area contributed by atoms with E-state index in [9.17, 15) is 9.59 Å². The van der Waals surface area contributed by atoms with Gasteiger partial charge in [0.15, 0.2) is 0 Å². The van der Waals surface area contributed by atoms with Crippen molar-refractivity contribution in [2.45, 2.75) is 35.1 Å². The van der Waals surface area contributed by atoms with Gasteiger partial charge in [0, 0.05) is 32.3 Å². The molecule has 0 saturated carbocycles. The molecule has 0 spiro atoms. The second-order valence-corrected chi connectivity index (χ2v) is 9.87. The van der Waals surface area contributed by atoms with Gasteiger partial charge in [-0.2, -0.15) is 0 Å². The summed E-state index contributed by atoms with van der Waals surface area (Å²) in [7, 11) is 0. The molecule has 2 amide bonds. The lowest BCUT2D eigenvalue weighted by molar-refractivity contribution is 0.0949. The van der Waals surface area contributed by atoms with Crippen LogP contribution in [0.15, 0.2) is 58.5 Å². The van der Waals surface area contributed by atoms with Gasteiger partial charge in [0.1, 0.15) is 0 Å². The van der Waals surface area contributed by atoms with Crippen LogP contribution in [0.5, 0.6) is 0 Å². The first-order chi connectivity index (χ1) is 15.2. The molecule has 0 unspecified atom stereocenters. The Morgan fingerprint density at radius 1 is 1.13 bits per heavy atom. The van der Waals surface area contributed by atoms with Crippen LogP contribution in [0, 0.1) is 0 Å². The minimum atomic E-state index is -0.166. The van der Waals surface area contributed by atoms with Gasteiger partial charge in [-0.3, -0.25) is 9.59 Å². The second kappa shape index (κ2) is 8.82. The number of aromatic nitrogens is 1. The molecular weight excluding hydrogens is 428 g/mol. The van der Waals surface area contributed by atoms with Gasteiger partial charge < -0.3 is 16.0 Å². The summed E-state index contributed by atoms with van der Waals surface area (Å²) in [4.78, 5) is 32.8. The van der Waals surface area contributed by atoms with Crippen molar-refractivity contribution >= 4 is 40.6 Å². The molecule has 1 aromatic heterocycles. The molecule has 5 rings (SSSR count). The molecule has 1 saturated heterocycles. The van der Waals surface area contributed by atoms with Crippen LogP contribution >= 0.6 is 23.1 Å². The SMILES string of the molecule is O=C(NCc1cnc(C2CCNCC2)s1)c1ccc2c(c1)NC(=O)c1ccccc1S2. The summed E-state index contributed by atoms with van der Waals surface area (Å²) in [5, 5.41) is 10.5. The summed E-state index contributed by atoms with van der Waals surface area (Å²) in [5.74, 6) is 0.195. The lowest BCUT2D eigenvalue weighted by Gasteiger charge is -2.20. The molecule has 2 aliphatic heterocycles. The average molecular weight is 451 g/mol. The van der Waals surface area contributed by atoms with Crippen molar-refractivity contribution in [3.63, 3.8) is 0 Å². The monoisotopic (exact) mass is 450 g/mol. The number of hydrogen-bond donors (Lipinski definition) is 3. The third-order valence-corrected chi connectivity index (χ3v) is 7.84. The Bertz CT molecular complexity index is 1140. The van der Waals surface area contributed by atoms with Gasteiger partial charge >= 0.3 is 0 Å². The van der Waals surface area contributed by atoms with Gasteiger partial charge in [-0.1, -0.05) is 23.9 Å². The Morgan fingerprint density at radius 2 is 1.97 bits per heavy atom. The lowest BCUT2D eigenvalue weighted by atomic mass is 9.99. The van der Waals surface area contributed by atoms with E-state index in [2.05, 4.69) is 20.9 Å². The smallest absolute Gasteiger partial charge is 0.256 e. The molecule has 158 valence electrons. The van der Waals surface area contributed by atoms with E-state index in [0.29, 0.717) is 29.3 Å². The van der Waals surface area contributed by atoms with Crippen molar-refractivity contribution in [2.75, 3.05) is 18.4 Å². The topological polar surface area (TPSA) is 83.1 Å². The highest BCUT2D eigenvalue weighted by atomic mass is 32.2. The number of fused-ring (bicyclic) bond motifs is 2. The van der Waals surface area contributed by atoms with Gasteiger partial charge in [-0.15, -0.1) is 11.3 Å². The van der Waals surface area contributed by atoms with Crippen LogP contribution in [0.2, 0.25) is 0 Å². The normalized spacial score (nSPS) is 16.1. The Morgan fingerprint density at radius 3 is 2.84 bits per heavy atom. The molecule has 2 aromatic carbocycles. The van der Waals surface area contributed by atoms with Crippen molar-refractivity contribution in [3.8, 4) is 0 Å². The number of carbonyl (C=O) groups excluding carboxylic acids is 2. The molecule has 8 heteroatoms. The van der Waals surface area contributed by atoms with E-state index in [1.54, 1.807) is 23.5 Å². The number of nitrogens with zero attached hydrogens (tertiary/aromatic N) is 1. The Labute approximate surface area is 188 Å². The van der Waals surface area contributed by atoms with Gasteiger partial charge in [0.25, 0.3) is 11.8 Å². The molecule has 2 aliphatic rings. The minimum Gasteiger partial charge on any atom is -0.347 e. The number of carbonyl (C=O) groups is 2. The molecule has 0 bridgehead atoms. The van der Waals surface area contributed by atoms with Gasteiger partial charge in [0.05, 0.1) is 22.8 Å². The molecule has 1 fully saturated rings. The predicted octanol–water partition coefficient (Wildman–Crippen LogP) is 4.26. The molecule has 3 aromatic rings. The zero-order valence-corrected chi connectivity index (χ0v) is 18.4. The number of benzene rings is 2. The van der Waals surface area contributed by atoms with E-state index in [1.807, 2.05) is 36.5 Å². The average Bonchev–Trinajstić information content (AvgIpc) is 3.23. The zero-order valence-electron chi connectivity index (χ0n) is 16.8. The third-order valence-electron chi connectivity index (χ3n) is 5.52. The molecular formula is C23H22N4O2S2. The Hall–Kier alpha value is -2.68.